The number of rotatable bonds is 3. The van der Waals surface area contributed by atoms with Gasteiger partial charge in [0.2, 0.25) is 0 Å². The van der Waals surface area contributed by atoms with Crippen LogP contribution in [-0.4, -0.2) is 53.8 Å². The number of carbonyl (C=O) groups is 1. The number of amides is 1. The van der Waals surface area contributed by atoms with Gasteiger partial charge in [-0.3, -0.25) is 4.79 Å². The highest BCUT2D eigenvalue weighted by Gasteiger charge is 2.21. The van der Waals surface area contributed by atoms with E-state index in [2.05, 4.69) is 59.4 Å². The average molecular weight is 516 g/mol. The molecule has 110 valence electrons. The molecular formula is C14H17Br2IN2O. The Morgan fingerprint density at radius 1 is 1.25 bits per heavy atom. The molecule has 1 aliphatic heterocycles. The standard InChI is InChI=1S/C14H17Br2IN2O/c15-4-7-18-5-1-6-19(9-8-18)14(20)12-10-11(16)2-3-13(12)17/h2-3,10H,1,4-9H2. The van der Waals surface area contributed by atoms with Crippen LogP contribution in [0.4, 0.5) is 0 Å². The van der Waals surface area contributed by atoms with Crippen molar-refractivity contribution in [2.75, 3.05) is 38.1 Å². The Morgan fingerprint density at radius 3 is 2.80 bits per heavy atom. The minimum absolute atomic E-state index is 0.149. The number of nitrogens with zero attached hydrogens (tertiary/aromatic N) is 2. The number of carbonyl (C=O) groups excluding carboxylic acids is 1. The Bertz CT molecular complexity index is 484. The van der Waals surface area contributed by atoms with Gasteiger partial charge in [-0.1, -0.05) is 31.9 Å². The zero-order valence-electron chi connectivity index (χ0n) is 11.1. The van der Waals surface area contributed by atoms with Crippen molar-refractivity contribution in [2.45, 2.75) is 6.42 Å². The van der Waals surface area contributed by atoms with E-state index in [1.807, 2.05) is 23.1 Å². The molecule has 20 heavy (non-hydrogen) atoms. The van der Waals surface area contributed by atoms with E-state index in [1.54, 1.807) is 0 Å². The fraction of sp³-hybridized carbons (Fsp3) is 0.500. The lowest BCUT2D eigenvalue weighted by Gasteiger charge is -2.22. The molecule has 1 saturated heterocycles. The van der Waals surface area contributed by atoms with E-state index in [-0.39, 0.29) is 5.91 Å². The van der Waals surface area contributed by atoms with Crippen molar-refractivity contribution in [1.29, 1.82) is 0 Å². The minimum Gasteiger partial charge on any atom is -0.337 e. The minimum atomic E-state index is 0.149. The highest BCUT2D eigenvalue weighted by Crippen LogP contribution is 2.20. The molecule has 1 amide bonds. The van der Waals surface area contributed by atoms with Gasteiger partial charge in [-0.25, -0.2) is 0 Å². The van der Waals surface area contributed by atoms with Crippen LogP contribution in [0, 0.1) is 3.57 Å². The lowest BCUT2D eigenvalue weighted by molar-refractivity contribution is 0.0760. The highest BCUT2D eigenvalue weighted by molar-refractivity contribution is 14.1. The van der Waals surface area contributed by atoms with E-state index >= 15 is 0 Å². The average Bonchev–Trinajstić information content (AvgIpc) is 2.67. The smallest absolute Gasteiger partial charge is 0.255 e. The van der Waals surface area contributed by atoms with E-state index in [9.17, 15) is 4.79 Å². The van der Waals surface area contributed by atoms with Crippen LogP contribution in [0.1, 0.15) is 16.8 Å². The Balaban J connectivity index is 2.07. The summed E-state index contributed by atoms with van der Waals surface area (Å²) in [6.45, 7) is 4.75. The predicted molar refractivity (Wildman–Crippen MR) is 97.6 cm³/mol. The summed E-state index contributed by atoms with van der Waals surface area (Å²) in [5.41, 5.74) is 0.800. The van der Waals surface area contributed by atoms with E-state index < -0.39 is 0 Å². The summed E-state index contributed by atoms with van der Waals surface area (Å²) in [7, 11) is 0. The second-order valence-corrected chi connectivity index (χ2v) is 7.67. The van der Waals surface area contributed by atoms with Gasteiger partial charge in [0.15, 0.2) is 0 Å². The van der Waals surface area contributed by atoms with Gasteiger partial charge in [0.25, 0.3) is 5.91 Å². The number of benzene rings is 1. The third-order valence-electron chi connectivity index (χ3n) is 3.44. The highest BCUT2D eigenvalue weighted by atomic mass is 127. The summed E-state index contributed by atoms with van der Waals surface area (Å²) in [5, 5.41) is 0.991. The van der Waals surface area contributed by atoms with E-state index in [0.717, 1.165) is 58.1 Å². The summed E-state index contributed by atoms with van der Waals surface area (Å²) < 4.78 is 1.97. The predicted octanol–water partition coefficient (Wildman–Crippen LogP) is 3.60. The van der Waals surface area contributed by atoms with Gasteiger partial charge in [0.1, 0.15) is 0 Å². The summed E-state index contributed by atoms with van der Waals surface area (Å²) >= 11 is 9.16. The molecule has 0 spiro atoms. The van der Waals surface area contributed by atoms with Gasteiger partial charge in [-0.15, -0.1) is 0 Å². The van der Waals surface area contributed by atoms with Crippen LogP contribution in [0.25, 0.3) is 0 Å². The molecule has 3 nitrogen and oxygen atoms in total. The Hall–Kier alpha value is 0.340. The molecule has 0 saturated carbocycles. The third kappa shape index (κ3) is 4.42. The van der Waals surface area contributed by atoms with Gasteiger partial charge < -0.3 is 9.80 Å². The molecule has 0 radical (unpaired) electrons. The van der Waals surface area contributed by atoms with Gasteiger partial charge in [0.05, 0.1) is 5.56 Å². The number of halogens is 3. The van der Waals surface area contributed by atoms with Crippen LogP contribution in [0.2, 0.25) is 0 Å². The molecule has 0 aromatic heterocycles. The number of hydrogen-bond acceptors (Lipinski definition) is 2. The van der Waals surface area contributed by atoms with E-state index in [1.165, 1.54) is 0 Å². The molecule has 0 atom stereocenters. The Kier molecular flexibility index (Phi) is 6.77. The molecule has 1 aromatic rings. The fourth-order valence-corrected chi connectivity index (χ4v) is 3.78. The van der Waals surface area contributed by atoms with Crippen LogP contribution < -0.4 is 0 Å². The summed E-state index contributed by atoms with van der Waals surface area (Å²) in [6, 6.07) is 5.87. The summed E-state index contributed by atoms with van der Waals surface area (Å²) in [5.74, 6) is 0.149. The van der Waals surface area contributed by atoms with Crippen molar-refractivity contribution >= 4 is 60.4 Å². The quantitative estimate of drug-likeness (QED) is 0.454. The molecule has 1 heterocycles. The van der Waals surface area contributed by atoms with Crippen molar-refractivity contribution in [2.24, 2.45) is 0 Å². The molecule has 2 rings (SSSR count). The van der Waals surface area contributed by atoms with Gasteiger partial charge in [-0.05, 0) is 53.8 Å². The Morgan fingerprint density at radius 2 is 2.05 bits per heavy atom. The zero-order chi connectivity index (χ0) is 14.5. The first-order chi connectivity index (χ1) is 9.61. The molecule has 0 aliphatic carbocycles. The van der Waals surface area contributed by atoms with Gasteiger partial charge in [0, 0.05) is 39.6 Å². The molecular weight excluding hydrogens is 499 g/mol. The van der Waals surface area contributed by atoms with Crippen LogP contribution in [-0.2, 0) is 0 Å². The molecule has 0 bridgehead atoms. The second-order valence-electron chi connectivity index (χ2n) is 4.80. The molecule has 0 unspecified atom stereocenters. The first-order valence-electron chi connectivity index (χ1n) is 6.64. The summed E-state index contributed by atoms with van der Waals surface area (Å²) in [4.78, 5) is 17.1. The van der Waals surface area contributed by atoms with Crippen molar-refractivity contribution in [3.05, 3.63) is 31.8 Å². The fourth-order valence-electron chi connectivity index (χ4n) is 2.35. The largest absolute Gasteiger partial charge is 0.337 e. The second kappa shape index (κ2) is 8.10. The van der Waals surface area contributed by atoms with Crippen LogP contribution in [0.5, 0.6) is 0 Å². The van der Waals surface area contributed by atoms with E-state index in [0.29, 0.717) is 0 Å². The van der Waals surface area contributed by atoms with Crippen molar-refractivity contribution in [3.8, 4) is 0 Å². The molecule has 6 heteroatoms. The third-order valence-corrected chi connectivity index (χ3v) is 5.22. The maximum absolute atomic E-state index is 12.7. The maximum Gasteiger partial charge on any atom is 0.255 e. The molecule has 1 aromatic carbocycles. The topological polar surface area (TPSA) is 23.6 Å². The van der Waals surface area contributed by atoms with Crippen LogP contribution >= 0.6 is 54.5 Å². The number of alkyl halides is 1. The molecule has 1 fully saturated rings. The maximum atomic E-state index is 12.7. The SMILES string of the molecule is O=C(c1cc(Br)ccc1I)N1CCCN(CCBr)CC1. The lowest BCUT2D eigenvalue weighted by atomic mass is 10.2. The van der Waals surface area contributed by atoms with Gasteiger partial charge >= 0.3 is 0 Å². The number of hydrogen-bond donors (Lipinski definition) is 0. The molecule has 1 aliphatic rings. The van der Waals surface area contributed by atoms with Gasteiger partial charge in [-0.2, -0.15) is 0 Å². The van der Waals surface area contributed by atoms with Crippen molar-refractivity contribution < 1.29 is 4.79 Å². The zero-order valence-corrected chi connectivity index (χ0v) is 16.4. The normalized spacial score (nSPS) is 17.1. The van der Waals surface area contributed by atoms with E-state index in [4.69, 9.17) is 0 Å². The Labute approximate surface area is 150 Å². The van der Waals surface area contributed by atoms with Crippen molar-refractivity contribution in [1.82, 2.24) is 9.80 Å². The summed E-state index contributed by atoms with van der Waals surface area (Å²) in [6.07, 6.45) is 1.04. The van der Waals surface area contributed by atoms with Crippen LogP contribution in [0.15, 0.2) is 22.7 Å². The van der Waals surface area contributed by atoms with Crippen LogP contribution in [0.3, 0.4) is 0 Å². The molecule has 0 N–H and O–H groups in total. The first-order valence-corrected chi connectivity index (χ1v) is 9.64. The first kappa shape index (κ1) is 16.7. The van der Waals surface area contributed by atoms with Crippen molar-refractivity contribution in [3.63, 3.8) is 0 Å². The monoisotopic (exact) mass is 514 g/mol. The lowest BCUT2D eigenvalue weighted by Crippen LogP contribution is -2.36.